The van der Waals surface area contributed by atoms with Crippen molar-refractivity contribution in [2.45, 2.75) is 33.0 Å². The van der Waals surface area contributed by atoms with Crippen LogP contribution in [0.4, 0.5) is 4.79 Å². The summed E-state index contributed by atoms with van der Waals surface area (Å²) < 4.78 is 5.23. The molecule has 0 saturated carbocycles. The predicted molar refractivity (Wildman–Crippen MR) is 78.4 cm³/mol. The highest BCUT2D eigenvalue weighted by atomic mass is 16.5. The lowest BCUT2D eigenvalue weighted by Crippen LogP contribution is -2.42. The van der Waals surface area contributed by atoms with Crippen LogP contribution in [0.5, 0.6) is 0 Å². The van der Waals surface area contributed by atoms with Crippen molar-refractivity contribution in [2.24, 2.45) is 5.92 Å². The van der Waals surface area contributed by atoms with E-state index in [0.29, 0.717) is 6.54 Å². The van der Waals surface area contributed by atoms with E-state index in [0.717, 1.165) is 5.56 Å². The number of ether oxygens (including phenoxy) is 1. The van der Waals surface area contributed by atoms with Crippen molar-refractivity contribution < 1.29 is 9.53 Å². The van der Waals surface area contributed by atoms with E-state index in [1.807, 2.05) is 44.2 Å². The van der Waals surface area contributed by atoms with Gasteiger partial charge in [-0.3, -0.25) is 0 Å². The molecule has 0 radical (unpaired) electrons. The first kappa shape index (κ1) is 15.0. The highest BCUT2D eigenvalue weighted by Crippen LogP contribution is 2.05. The van der Waals surface area contributed by atoms with Gasteiger partial charge in [0, 0.05) is 0 Å². The lowest BCUT2D eigenvalue weighted by Gasteiger charge is -2.21. The van der Waals surface area contributed by atoms with Gasteiger partial charge in [-0.2, -0.15) is 15.0 Å². The Bertz CT molecular complexity index is 540. The number of amides is 1. The Labute approximate surface area is 124 Å². The minimum atomic E-state index is -0.426. The molecule has 0 saturated heterocycles. The molecule has 0 aliphatic carbocycles. The van der Waals surface area contributed by atoms with Crippen molar-refractivity contribution in [3.8, 4) is 0 Å². The molecular formula is C15H20N4O2. The van der Waals surface area contributed by atoms with Gasteiger partial charge in [0.1, 0.15) is 6.61 Å². The Morgan fingerprint density at radius 1 is 1.24 bits per heavy atom. The van der Waals surface area contributed by atoms with Gasteiger partial charge < -0.3 is 10.1 Å². The third-order valence-electron chi connectivity index (χ3n) is 3.15. The maximum atomic E-state index is 11.9. The first-order chi connectivity index (χ1) is 10.1. The molecular weight excluding hydrogens is 268 g/mol. The largest absolute Gasteiger partial charge is 0.445 e. The Kier molecular flexibility index (Phi) is 5.31. The van der Waals surface area contributed by atoms with Crippen LogP contribution in [0.15, 0.2) is 42.7 Å². The van der Waals surface area contributed by atoms with Gasteiger partial charge in [0.15, 0.2) is 0 Å². The van der Waals surface area contributed by atoms with Crippen LogP contribution in [-0.4, -0.2) is 27.1 Å². The number of benzene rings is 1. The van der Waals surface area contributed by atoms with Gasteiger partial charge in [0.2, 0.25) is 0 Å². The molecule has 0 fully saturated rings. The number of nitrogens with one attached hydrogen (secondary N) is 1. The molecule has 1 N–H and O–H groups in total. The van der Waals surface area contributed by atoms with E-state index in [1.165, 1.54) is 0 Å². The molecule has 1 atom stereocenters. The van der Waals surface area contributed by atoms with Crippen molar-refractivity contribution in [3.05, 3.63) is 48.3 Å². The van der Waals surface area contributed by atoms with Crippen LogP contribution in [0.1, 0.15) is 19.4 Å². The van der Waals surface area contributed by atoms with Gasteiger partial charge in [0.05, 0.1) is 25.0 Å². The van der Waals surface area contributed by atoms with Crippen molar-refractivity contribution in [1.82, 2.24) is 20.3 Å². The zero-order valence-corrected chi connectivity index (χ0v) is 12.3. The molecule has 0 aliphatic rings. The van der Waals surface area contributed by atoms with E-state index in [9.17, 15) is 4.79 Å². The molecule has 6 heteroatoms. The number of aromatic nitrogens is 3. The maximum absolute atomic E-state index is 11.9. The summed E-state index contributed by atoms with van der Waals surface area (Å²) in [5, 5.41) is 11.0. The summed E-state index contributed by atoms with van der Waals surface area (Å²) >= 11 is 0. The standard InChI is InChI=1S/C15H20N4O2/c1-12(2)14(10-19-16-8-9-17-19)18-15(20)21-11-13-6-4-3-5-7-13/h3-9,12,14H,10-11H2,1-2H3,(H,18,20). The monoisotopic (exact) mass is 288 g/mol. The van der Waals surface area contributed by atoms with Crippen LogP contribution in [0.25, 0.3) is 0 Å². The Balaban J connectivity index is 1.83. The Hall–Kier alpha value is -2.37. The number of rotatable bonds is 6. The first-order valence-electron chi connectivity index (χ1n) is 6.96. The number of hydrogen-bond donors (Lipinski definition) is 1. The van der Waals surface area contributed by atoms with Crippen LogP contribution < -0.4 is 5.32 Å². The van der Waals surface area contributed by atoms with Crippen molar-refractivity contribution in [2.75, 3.05) is 0 Å². The van der Waals surface area contributed by atoms with Gasteiger partial charge in [-0.1, -0.05) is 44.2 Å². The van der Waals surface area contributed by atoms with E-state index in [-0.39, 0.29) is 18.6 Å². The van der Waals surface area contributed by atoms with Gasteiger partial charge in [-0.25, -0.2) is 4.79 Å². The molecule has 2 aromatic rings. The molecule has 6 nitrogen and oxygen atoms in total. The van der Waals surface area contributed by atoms with Crippen LogP contribution in [0.3, 0.4) is 0 Å². The minimum Gasteiger partial charge on any atom is -0.445 e. The highest BCUT2D eigenvalue weighted by molar-refractivity contribution is 5.67. The summed E-state index contributed by atoms with van der Waals surface area (Å²) in [5.74, 6) is 0.250. The number of carbonyl (C=O) groups excluding carboxylic acids is 1. The second-order valence-corrected chi connectivity index (χ2v) is 5.14. The predicted octanol–water partition coefficient (Wildman–Crippen LogP) is 2.23. The van der Waals surface area contributed by atoms with E-state index >= 15 is 0 Å². The average molecular weight is 288 g/mol. The lowest BCUT2D eigenvalue weighted by molar-refractivity contribution is 0.130. The van der Waals surface area contributed by atoms with E-state index in [4.69, 9.17) is 4.74 Å². The molecule has 1 aromatic carbocycles. The van der Waals surface area contributed by atoms with Crippen molar-refractivity contribution in [1.29, 1.82) is 0 Å². The zero-order chi connectivity index (χ0) is 15.1. The van der Waals surface area contributed by atoms with Crippen molar-refractivity contribution in [3.63, 3.8) is 0 Å². The van der Waals surface area contributed by atoms with Gasteiger partial charge in [0.25, 0.3) is 0 Å². The van der Waals surface area contributed by atoms with Crippen LogP contribution in [0, 0.1) is 5.92 Å². The fraction of sp³-hybridized carbons (Fsp3) is 0.400. The number of nitrogens with zero attached hydrogens (tertiary/aromatic N) is 3. The molecule has 1 unspecified atom stereocenters. The molecule has 0 bridgehead atoms. The number of carbonyl (C=O) groups is 1. The van der Waals surface area contributed by atoms with Crippen LogP contribution in [0.2, 0.25) is 0 Å². The first-order valence-corrected chi connectivity index (χ1v) is 6.96. The fourth-order valence-electron chi connectivity index (χ4n) is 1.85. The summed E-state index contributed by atoms with van der Waals surface area (Å²) in [4.78, 5) is 13.4. The second-order valence-electron chi connectivity index (χ2n) is 5.14. The molecule has 2 rings (SSSR count). The van der Waals surface area contributed by atoms with Crippen LogP contribution >= 0.6 is 0 Å². The SMILES string of the molecule is CC(C)C(Cn1nccn1)NC(=O)OCc1ccccc1. The number of alkyl carbamates (subject to hydrolysis) is 1. The smallest absolute Gasteiger partial charge is 0.407 e. The molecule has 0 aliphatic heterocycles. The normalized spacial score (nSPS) is 12.1. The summed E-state index contributed by atoms with van der Waals surface area (Å²) in [5.41, 5.74) is 0.961. The minimum absolute atomic E-state index is 0.0827. The second kappa shape index (κ2) is 7.42. The Morgan fingerprint density at radius 3 is 2.52 bits per heavy atom. The van der Waals surface area contributed by atoms with E-state index in [2.05, 4.69) is 15.5 Å². The summed E-state index contributed by atoms with van der Waals surface area (Å²) in [7, 11) is 0. The summed E-state index contributed by atoms with van der Waals surface area (Å²) in [6.45, 7) is 4.85. The van der Waals surface area contributed by atoms with Gasteiger partial charge >= 0.3 is 6.09 Å². The molecule has 0 spiro atoms. The topological polar surface area (TPSA) is 69.0 Å². The molecule has 1 amide bonds. The maximum Gasteiger partial charge on any atom is 0.407 e. The quantitative estimate of drug-likeness (QED) is 0.885. The average Bonchev–Trinajstić information content (AvgIpc) is 2.98. The van der Waals surface area contributed by atoms with E-state index < -0.39 is 6.09 Å². The van der Waals surface area contributed by atoms with Gasteiger partial charge in [-0.15, -0.1) is 0 Å². The third kappa shape index (κ3) is 4.91. The molecule has 1 heterocycles. The summed E-state index contributed by atoms with van der Waals surface area (Å²) in [6, 6.07) is 9.51. The summed E-state index contributed by atoms with van der Waals surface area (Å²) in [6.07, 6.45) is 2.81. The van der Waals surface area contributed by atoms with Gasteiger partial charge in [-0.05, 0) is 11.5 Å². The molecule has 21 heavy (non-hydrogen) atoms. The third-order valence-corrected chi connectivity index (χ3v) is 3.15. The Morgan fingerprint density at radius 2 is 1.90 bits per heavy atom. The highest BCUT2D eigenvalue weighted by Gasteiger charge is 2.18. The van der Waals surface area contributed by atoms with E-state index in [1.54, 1.807) is 17.2 Å². The zero-order valence-electron chi connectivity index (χ0n) is 12.3. The fourth-order valence-corrected chi connectivity index (χ4v) is 1.85. The van der Waals surface area contributed by atoms with Crippen molar-refractivity contribution >= 4 is 6.09 Å². The lowest BCUT2D eigenvalue weighted by atomic mass is 10.1. The molecule has 1 aromatic heterocycles. The van der Waals surface area contributed by atoms with Crippen LogP contribution in [-0.2, 0) is 17.9 Å². The number of hydrogen-bond acceptors (Lipinski definition) is 4. The molecule has 112 valence electrons.